The van der Waals surface area contributed by atoms with E-state index in [0.29, 0.717) is 15.7 Å². The third-order valence-electron chi connectivity index (χ3n) is 3.58. The van der Waals surface area contributed by atoms with Gasteiger partial charge in [-0.05, 0) is 53.0 Å². The van der Waals surface area contributed by atoms with E-state index in [1.807, 2.05) is 46.9 Å². The monoisotopic (exact) mass is 440 g/mol. The molecule has 0 unspecified atom stereocenters. The summed E-state index contributed by atoms with van der Waals surface area (Å²) in [4.78, 5) is 26.3. The van der Waals surface area contributed by atoms with Crippen molar-refractivity contribution in [1.82, 2.24) is 0 Å². The first-order valence-electron chi connectivity index (χ1n) is 7.05. The number of rotatable bonds is 2. The minimum atomic E-state index is -0.473. The summed E-state index contributed by atoms with van der Waals surface area (Å²) in [7, 11) is 0. The van der Waals surface area contributed by atoms with Crippen molar-refractivity contribution in [2.24, 2.45) is 0 Å². The fourth-order valence-electron chi connectivity index (χ4n) is 2.47. The van der Waals surface area contributed by atoms with Gasteiger partial charge in [-0.3, -0.25) is 14.9 Å². The van der Waals surface area contributed by atoms with Crippen LogP contribution in [0.15, 0.2) is 47.4 Å². The molecule has 1 aliphatic heterocycles. The van der Waals surface area contributed by atoms with Crippen molar-refractivity contribution in [1.29, 1.82) is 0 Å². The van der Waals surface area contributed by atoms with E-state index in [-0.39, 0.29) is 11.6 Å². The summed E-state index contributed by atoms with van der Waals surface area (Å²) in [5.41, 5.74) is 1.19. The van der Waals surface area contributed by atoms with Crippen LogP contribution in [0.3, 0.4) is 0 Å². The summed E-state index contributed by atoms with van der Waals surface area (Å²) >= 11 is 3.78. The topological polar surface area (TPSA) is 63.4 Å². The van der Waals surface area contributed by atoms with Gasteiger partial charge in [-0.1, -0.05) is 12.1 Å². The number of halogens is 1. The maximum atomic E-state index is 13.0. The van der Waals surface area contributed by atoms with Gasteiger partial charge in [0.1, 0.15) is 0 Å². The highest BCUT2D eigenvalue weighted by Crippen LogP contribution is 2.35. The number of amides is 1. The van der Waals surface area contributed by atoms with Gasteiger partial charge in [-0.2, -0.15) is 0 Å². The molecule has 2 aromatic carbocycles. The van der Waals surface area contributed by atoms with Gasteiger partial charge >= 0.3 is 0 Å². The number of carbonyl (C=O) groups is 1. The fraction of sp³-hybridized carbons (Fsp3) is 0.188. The van der Waals surface area contributed by atoms with Gasteiger partial charge < -0.3 is 4.90 Å². The van der Waals surface area contributed by atoms with E-state index >= 15 is 0 Å². The van der Waals surface area contributed by atoms with E-state index in [1.54, 1.807) is 22.7 Å². The Morgan fingerprint density at radius 3 is 2.83 bits per heavy atom. The molecule has 0 saturated carbocycles. The van der Waals surface area contributed by atoms with Crippen LogP contribution in [0.5, 0.6) is 0 Å². The molecule has 2 aromatic rings. The van der Waals surface area contributed by atoms with Gasteiger partial charge in [-0.25, -0.2) is 0 Å². The van der Waals surface area contributed by atoms with E-state index in [0.717, 1.165) is 22.8 Å². The Balaban J connectivity index is 2.04. The van der Waals surface area contributed by atoms with Gasteiger partial charge in [0.15, 0.2) is 0 Å². The quantitative estimate of drug-likeness (QED) is 0.396. The molecule has 1 amide bonds. The fourth-order valence-corrected chi connectivity index (χ4v) is 4.03. The largest absolute Gasteiger partial charge is 0.307 e. The van der Waals surface area contributed by atoms with E-state index in [2.05, 4.69) is 0 Å². The molecule has 118 valence electrons. The van der Waals surface area contributed by atoms with E-state index < -0.39 is 4.92 Å². The Morgan fingerprint density at radius 2 is 2.04 bits per heavy atom. The van der Waals surface area contributed by atoms with Crippen LogP contribution < -0.4 is 4.90 Å². The van der Waals surface area contributed by atoms with Gasteiger partial charge in [0.05, 0.1) is 16.2 Å². The second-order valence-corrected chi connectivity index (χ2v) is 7.35. The SMILES string of the molecule is O=C(c1cc([N+](=O)[O-])ccc1I)N1CCCSc2ccccc21. The lowest BCUT2D eigenvalue weighted by molar-refractivity contribution is -0.384. The second kappa shape index (κ2) is 6.88. The molecule has 0 aromatic heterocycles. The third kappa shape index (κ3) is 3.35. The summed E-state index contributed by atoms with van der Waals surface area (Å²) < 4.78 is 0.715. The smallest absolute Gasteiger partial charge is 0.270 e. The van der Waals surface area contributed by atoms with E-state index in [9.17, 15) is 14.9 Å². The molecule has 0 spiro atoms. The summed E-state index contributed by atoms with van der Waals surface area (Å²) in [5, 5.41) is 11.0. The molecule has 0 saturated heterocycles. The molecule has 1 aliphatic rings. The van der Waals surface area contributed by atoms with E-state index in [1.165, 1.54) is 12.1 Å². The maximum Gasteiger partial charge on any atom is 0.270 e. The van der Waals surface area contributed by atoms with Crippen molar-refractivity contribution in [3.05, 3.63) is 61.7 Å². The lowest BCUT2D eigenvalue weighted by Crippen LogP contribution is -2.32. The number of non-ortho nitro benzene ring substituents is 1. The average molecular weight is 440 g/mol. The standard InChI is InChI=1S/C16H13IN2O3S/c17-13-7-6-11(19(21)22)10-12(13)16(20)18-8-3-9-23-15-5-2-1-4-14(15)18/h1-2,4-7,10H,3,8-9H2. The Bertz CT molecular complexity index is 782. The number of nitro benzene ring substituents is 1. The number of para-hydroxylation sites is 1. The normalized spacial score (nSPS) is 14.0. The maximum absolute atomic E-state index is 13.0. The molecule has 0 aliphatic carbocycles. The number of benzene rings is 2. The van der Waals surface area contributed by atoms with Gasteiger partial charge in [0, 0.05) is 27.1 Å². The van der Waals surface area contributed by atoms with Crippen molar-refractivity contribution in [3.8, 4) is 0 Å². The van der Waals surface area contributed by atoms with Crippen LogP contribution in [0, 0.1) is 13.7 Å². The Kier molecular flexibility index (Phi) is 4.86. The molecular weight excluding hydrogens is 427 g/mol. The molecular formula is C16H13IN2O3S. The van der Waals surface area contributed by atoms with Crippen LogP contribution in [0.4, 0.5) is 11.4 Å². The number of nitrogens with zero attached hydrogens (tertiary/aromatic N) is 2. The molecule has 0 radical (unpaired) electrons. The van der Waals surface area contributed by atoms with Crippen LogP contribution >= 0.6 is 34.4 Å². The highest BCUT2D eigenvalue weighted by atomic mass is 127. The summed E-state index contributed by atoms with van der Waals surface area (Å²) in [6.45, 7) is 0.613. The minimum Gasteiger partial charge on any atom is -0.307 e. The number of carbonyl (C=O) groups excluding carboxylic acids is 1. The second-order valence-electron chi connectivity index (χ2n) is 5.05. The first kappa shape index (κ1) is 16.3. The lowest BCUT2D eigenvalue weighted by Gasteiger charge is -2.23. The predicted molar refractivity (Wildman–Crippen MR) is 99.3 cm³/mol. The van der Waals surface area contributed by atoms with Gasteiger partial charge in [0.2, 0.25) is 0 Å². The Labute approximate surface area is 151 Å². The van der Waals surface area contributed by atoms with Crippen molar-refractivity contribution < 1.29 is 9.72 Å². The molecule has 7 heteroatoms. The van der Waals surface area contributed by atoms with Crippen LogP contribution in [-0.2, 0) is 0 Å². The highest BCUT2D eigenvalue weighted by Gasteiger charge is 2.25. The Hall–Kier alpha value is -1.61. The molecule has 23 heavy (non-hydrogen) atoms. The van der Waals surface area contributed by atoms with Crippen molar-refractivity contribution in [3.63, 3.8) is 0 Å². The molecule has 0 bridgehead atoms. The molecule has 3 rings (SSSR count). The van der Waals surface area contributed by atoms with Crippen LogP contribution in [0.1, 0.15) is 16.8 Å². The zero-order chi connectivity index (χ0) is 16.4. The van der Waals surface area contributed by atoms with Crippen LogP contribution in [0.25, 0.3) is 0 Å². The first-order valence-corrected chi connectivity index (χ1v) is 9.12. The average Bonchev–Trinajstić information content (AvgIpc) is 2.77. The molecule has 0 N–H and O–H groups in total. The Morgan fingerprint density at radius 1 is 1.26 bits per heavy atom. The number of hydrogen-bond donors (Lipinski definition) is 0. The summed E-state index contributed by atoms with van der Waals surface area (Å²) in [5.74, 6) is 0.764. The zero-order valence-corrected chi connectivity index (χ0v) is 15.0. The number of anilines is 1. The molecule has 0 atom stereocenters. The number of nitro groups is 1. The van der Waals surface area contributed by atoms with E-state index in [4.69, 9.17) is 0 Å². The molecule has 0 fully saturated rings. The highest BCUT2D eigenvalue weighted by molar-refractivity contribution is 14.1. The third-order valence-corrected chi connectivity index (χ3v) is 5.67. The molecule has 1 heterocycles. The molecule has 5 nitrogen and oxygen atoms in total. The van der Waals surface area contributed by atoms with Crippen LogP contribution in [0.2, 0.25) is 0 Å². The number of hydrogen-bond acceptors (Lipinski definition) is 4. The minimum absolute atomic E-state index is 0.0637. The van der Waals surface area contributed by atoms with Gasteiger partial charge in [-0.15, -0.1) is 11.8 Å². The number of fused-ring (bicyclic) bond motifs is 1. The predicted octanol–water partition coefficient (Wildman–Crippen LogP) is 4.34. The zero-order valence-electron chi connectivity index (χ0n) is 12.1. The van der Waals surface area contributed by atoms with Gasteiger partial charge in [0.25, 0.3) is 11.6 Å². The van der Waals surface area contributed by atoms with Crippen molar-refractivity contribution in [2.75, 3.05) is 17.2 Å². The van der Waals surface area contributed by atoms with Crippen molar-refractivity contribution >= 4 is 51.6 Å². The summed E-state index contributed by atoms with van der Waals surface area (Å²) in [6.07, 6.45) is 0.886. The number of thioether (sulfide) groups is 1. The lowest BCUT2D eigenvalue weighted by atomic mass is 10.1. The van der Waals surface area contributed by atoms with Crippen molar-refractivity contribution in [2.45, 2.75) is 11.3 Å². The first-order chi connectivity index (χ1) is 11.1. The van der Waals surface area contributed by atoms with Crippen LogP contribution in [-0.4, -0.2) is 23.1 Å². The summed E-state index contributed by atoms with van der Waals surface area (Å²) in [6, 6.07) is 12.2.